The second kappa shape index (κ2) is 8.28. The lowest BCUT2D eigenvalue weighted by Crippen LogP contribution is -2.23. The summed E-state index contributed by atoms with van der Waals surface area (Å²) in [6.07, 6.45) is 1.76. The number of hydrogen-bond donors (Lipinski definition) is 1. The number of methoxy groups -OCH3 is 1. The van der Waals surface area contributed by atoms with Crippen molar-refractivity contribution in [3.63, 3.8) is 0 Å². The first kappa shape index (κ1) is 18.9. The Balaban J connectivity index is 1.67. The monoisotopic (exact) mass is 404 g/mol. The van der Waals surface area contributed by atoms with E-state index in [4.69, 9.17) is 4.74 Å². The van der Waals surface area contributed by atoms with Gasteiger partial charge in [-0.2, -0.15) is 5.10 Å². The van der Waals surface area contributed by atoms with Crippen molar-refractivity contribution in [2.45, 2.75) is 13.5 Å². The van der Waals surface area contributed by atoms with Gasteiger partial charge in [-0.25, -0.2) is 9.67 Å². The number of hydrogen-bond acceptors (Lipinski definition) is 5. The van der Waals surface area contributed by atoms with Crippen LogP contribution >= 0.6 is 11.3 Å². The SMILES string of the molecule is COc1ccc(-c2nn(-c3ccccc3)cc2C(=O)NCc2csc(C)n2)cc1. The van der Waals surface area contributed by atoms with Crippen molar-refractivity contribution in [1.82, 2.24) is 20.1 Å². The van der Waals surface area contributed by atoms with Gasteiger partial charge in [0.15, 0.2) is 0 Å². The zero-order valence-electron chi connectivity index (χ0n) is 16.1. The highest BCUT2D eigenvalue weighted by Crippen LogP contribution is 2.26. The molecule has 0 saturated carbocycles. The summed E-state index contributed by atoms with van der Waals surface area (Å²) in [4.78, 5) is 17.4. The Kier molecular flexibility index (Phi) is 5.39. The van der Waals surface area contributed by atoms with Gasteiger partial charge in [0.1, 0.15) is 11.4 Å². The Bertz CT molecular complexity index is 1120. The van der Waals surface area contributed by atoms with E-state index in [1.54, 1.807) is 29.3 Å². The van der Waals surface area contributed by atoms with E-state index in [1.807, 2.05) is 66.9 Å². The average Bonchev–Trinajstić information content (AvgIpc) is 3.39. The van der Waals surface area contributed by atoms with E-state index >= 15 is 0 Å². The molecule has 6 nitrogen and oxygen atoms in total. The maximum absolute atomic E-state index is 13.0. The summed E-state index contributed by atoms with van der Waals surface area (Å²) in [6.45, 7) is 2.32. The lowest BCUT2D eigenvalue weighted by atomic mass is 10.1. The third-order valence-electron chi connectivity index (χ3n) is 4.44. The minimum Gasteiger partial charge on any atom is -0.497 e. The number of nitrogens with zero attached hydrogens (tertiary/aromatic N) is 3. The third-order valence-corrected chi connectivity index (χ3v) is 5.26. The predicted octanol–water partition coefficient (Wildman–Crippen LogP) is 4.24. The van der Waals surface area contributed by atoms with Crippen LogP contribution in [0.15, 0.2) is 66.2 Å². The van der Waals surface area contributed by atoms with Crippen LogP contribution in [0.5, 0.6) is 5.75 Å². The van der Waals surface area contributed by atoms with Crippen LogP contribution in [0.1, 0.15) is 21.1 Å². The van der Waals surface area contributed by atoms with Gasteiger partial charge in [-0.05, 0) is 43.3 Å². The van der Waals surface area contributed by atoms with Gasteiger partial charge in [0.2, 0.25) is 0 Å². The minimum absolute atomic E-state index is 0.191. The molecule has 4 rings (SSSR count). The molecule has 0 unspecified atom stereocenters. The summed E-state index contributed by atoms with van der Waals surface area (Å²) in [7, 11) is 1.62. The van der Waals surface area contributed by atoms with Gasteiger partial charge in [-0.15, -0.1) is 11.3 Å². The molecule has 1 amide bonds. The van der Waals surface area contributed by atoms with Crippen molar-refractivity contribution < 1.29 is 9.53 Å². The average molecular weight is 404 g/mol. The molecule has 4 aromatic rings. The van der Waals surface area contributed by atoms with Crippen LogP contribution in [0, 0.1) is 6.92 Å². The van der Waals surface area contributed by atoms with Gasteiger partial charge in [0.25, 0.3) is 5.91 Å². The van der Waals surface area contributed by atoms with E-state index < -0.39 is 0 Å². The second-order valence-electron chi connectivity index (χ2n) is 6.44. The fraction of sp³-hybridized carbons (Fsp3) is 0.136. The summed E-state index contributed by atoms with van der Waals surface area (Å²) in [6, 6.07) is 17.2. The van der Waals surface area contributed by atoms with Crippen LogP contribution in [-0.2, 0) is 6.54 Å². The number of rotatable bonds is 6. The van der Waals surface area contributed by atoms with Gasteiger partial charge >= 0.3 is 0 Å². The maximum atomic E-state index is 13.0. The van der Waals surface area contributed by atoms with Crippen molar-refractivity contribution in [2.24, 2.45) is 0 Å². The van der Waals surface area contributed by atoms with Crippen LogP contribution < -0.4 is 10.1 Å². The Morgan fingerprint density at radius 2 is 1.90 bits per heavy atom. The molecule has 0 fully saturated rings. The molecule has 0 radical (unpaired) electrons. The van der Waals surface area contributed by atoms with Crippen LogP contribution in [0.3, 0.4) is 0 Å². The number of aryl methyl sites for hydroxylation is 1. The second-order valence-corrected chi connectivity index (χ2v) is 7.50. The zero-order valence-corrected chi connectivity index (χ0v) is 16.9. The minimum atomic E-state index is -0.191. The number of ether oxygens (including phenoxy) is 1. The normalized spacial score (nSPS) is 10.7. The van der Waals surface area contributed by atoms with Crippen molar-refractivity contribution in [1.29, 1.82) is 0 Å². The van der Waals surface area contributed by atoms with Gasteiger partial charge in [0, 0.05) is 17.1 Å². The van der Waals surface area contributed by atoms with Gasteiger partial charge in [-0.1, -0.05) is 18.2 Å². The van der Waals surface area contributed by atoms with Crippen LogP contribution in [-0.4, -0.2) is 27.8 Å². The molecular weight excluding hydrogens is 384 g/mol. The van der Waals surface area contributed by atoms with Crippen molar-refractivity contribution in [3.05, 3.63) is 82.4 Å². The molecule has 0 atom stereocenters. The van der Waals surface area contributed by atoms with Gasteiger partial charge in [0.05, 0.1) is 35.6 Å². The highest BCUT2D eigenvalue weighted by molar-refractivity contribution is 7.09. The van der Waals surface area contributed by atoms with Crippen molar-refractivity contribution >= 4 is 17.2 Å². The summed E-state index contributed by atoms with van der Waals surface area (Å²) in [5.41, 5.74) is 3.70. The van der Waals surface area contributed by atoms with E-state index in [0.29, 0.717) is 17.8 Å². The molecular formula is C22H20N4O2S. The van der Waals surface area contributed by atoms with E-state index in [2.05, 4.69) is 15.4 Å². The van der Waals surface area contributed by atoms with Crippen LogP contribution in [0.25, 0.3) is 16.9 Å². The Morgan fingerprint density at radius 1 is 1.14 bits per heavy atom. The molecule has 29 heavy (non-hydrogen) atoms. The summed E-state index contributed by atoms with van der Waals surface area (Å²) in [5, 5.41) is 10.6. The molecule has 0 bridgehead atoms. The van der Waals surface area contributed by atoms with Crippen molar-refractivity contribution in [2.75, 3.05) is 7.11 Å². The van der Waals surface area contributed by atoms with Gasteiger partial charge < -0.3 is 10.1 Å². The molecule has 0 aliphatic heterocycles. The molecule has 1 N–H and O–H groups in total. The highest BCUT2D eigenvalue weighted by atomic mass is 32.1. The lowest BCUT2D eigenvalue weighted by Gasteiger charge is -2.05. The molecule has 0 spiro atoms. The number of para-hydroxylation sites is 1. The van der Waals surface area contributed by atoms with E-state index in [0.717, 1.165) is 27.7 Å². The smallest absolute Gasteiger partial charge is 0.255 e. The molecule has 0 aliphatic carbocycles. The number of benzene rings is 2. The standard InChI is InChI=1S/C22H20N4O2S/c1-15-24-17(14-29-15)12-23-22(27)20-13-26(18-6-4-3-5-7-18)25-21(20)16-8-10-19(28-2)11-9-16/h3-11,13-14H,12H2,1-2H3,(H,23,27). The first-order valence-electron chi connectivity index (χ1n) is 9.13. The number of nitrogens with one attached hydrogen (secondary N) is 1. The molecule has 0 aliphatic rings. The van der Waals surface area contributed by atoms with E-state index in [-0.39, 0.29) is 5.91 Å². The first-order chi connectivity index (χ1) is 14.1. The Hall–Kier alpha value is -3.45. The lowest BCUT2D eigenvalue weighted by molar-refractivity contribution is 0.0951. The number of thiazole rings is 1. The number of amides is 1. The summed E-state index contributed by atoms with van der Waals surface area (Å²) >= 11 is 1.57. The zero-order chi connectivity index (χ0) is 20.2. The molecule has 2 aromatic carbocycles. The molecule has 7 heteroatoms. The topological polar surface area (TPSA) is 69.0 Å². The number of aromatic nitrogens is 3. The molecule has 0 saturated heterocycles. The van der Waals surface area contributed by atoms with Crippen LogP contribution in [0.2, 0.25) is 0 Å². The quantitative estimate of drug-likeness (QED) is 0.522. The highest BCUT2D eigenvalue weighted by Gasteiger charge is 2.19. The van der Waals surface area contributed by atoms with Crippen molar-refractivity contribution in [3.8, 4) is 22.7 Å². The van der Waals surface area contributed by atoms with E-state index in [1.165, 1.54) is 0 Å². The largest absolute Gasteiger partial charge is 0.497 e. The molecule has 2 heterocycles. The predicted molar refractivity (Wildman–Crippen MR) is 114 cm³/mol. The fourth-order valence-corrected chi connectivity index (χ4v) is 3.58. The fourth-order valence-electron chi connectivity index (χ4n) is 2.97. The van der Waals surface area contributed by atoms with E-state index in [9.17, 15) is 4.79 Å². The van der Waals surface area contributed by atoms with Crippen LogP contribution in [0.4, 0.5) is 0 Å². The molecule has 2 aromatic heterocycles. The maximum Gasteiger partial charge on any atom is 0.255 e. The van der Waals surface area contributed by atoms with Gasteiger partial charge in [-0.3, -0.25) is 4.79 Å². The molecule has 146 valence electrons. The Labute approximate surface area is 172 Å². The summed E-state index contributed by atoms with van der Waals surface area (Å²) < 4.78 is 6.96. The number of carbonyl (C=O) groups is 1. The third kappa shape index (κ3) is 4.20. The Morgan fingerprint density at radius 3 is 2.55 bits per heavy atom. The number of carbonyl (C=O) groups excluding carboxylic acids is 1. The first-order valence-corrected chi connectivity index (χ1v) is 10.0. The summed E-state index contributed by atoms with van der Waals surface area (Å²) in [5.74, 6) is 0.560.